The fourth-order valence-electron chi connectivity index (χ4n) is 2.98. The number of hydrogen-bond donors (Lipinski definition) is 2. The lowest BCUT2D eigenvalue weighted by Gasteiger charge is -2.40. The summed E-state index contributed by atoms with van der Waals surface area (Å²) >= 11 is 0. The van der Waals surface area contributed by atoms with E-state index < -0.39 is 6.04 Å². The number of ether oxygens (including phenoxy) is 1. The van der Waals surface area contributed by atoms with Gasteiger partial charge in [-0.1, -0.05) is 18.2 Å². The first kappa shape index (κ1) is 15.6. The minimum atomic E-state index is -0.408. The molecule has 0 unspecified atom stereocenters. The second-order valence-electron chi connectivity index (χ2n) is 6.30. The van der Waals surface area contributed by atoms with Gasteiger partial charge in [0.25, 0.3) is 0 Å². The molecule has 0 saturated carbocycles. The molecule has 2 N–H and O–H groups in total. The maximum absolute atomic E-state index is 12.2. The van der Waals surface area contributed by atoms with Crippen molar-refractivity contribution in [1.29, 1.82) is 0 Å². The highest BCUT2D eigenvalue weighted by atomic mass is 16.5. The number of nitrogens with one attached hydrogen (secondary N) is 2. The van der Waals surface area contributed by atoms with Crippen LogP contribution in [0.1, 0.15) is 24.0 Å². The number of carbonyl (C=O) groups excluding carboxylic acids is 2. The van der Waals surface area contributed by atoms with Crippen LogP contribution in [0.15, 0.2) is 18.2 Å². The van der Waals surface area contributed by atoms with E-state index in [0.29, 0.717) is 26.1 Å². The topological polar surface area (TPSA) is 70.7 Å². The monoisotopic (exact) mass is 317 g/mol. The molecule has 1 aromatic rings. The molecule has 2 aliphatic rings. The number of benzene rings is 1. The van der Waals surface area contributed by atoms with Gasteiger partial charge < -0.3 is 20.3 Å². The lowest BCUT2D eigenvalue weighted by molar-refractivity contribution is -0.124. The van der Waals surface area contributed by atoms with E-state index in [4.69, 9.17) is 4.74 Å². The number of carbonyl (C=O) groups is 2. The summed E-state index contributed by atoms with van der Waals surface area (Å²) in [6.45, 7) is 5.84. The Kier molecular flexibility index (Phi) is 4.41. The molecule has 6 heteroatoms. The van der Waals surface area contributed by atoms with E-state index >= 15 is 0 Å². The molecule has 1 atom stereocenters. The quantitative estimate of drug-likeness (QED) is 0.884. The van der Waals surface area contributed by atoms with Gasteiger partial charge in [0.05, 0.1) is 13.1 Å². The van der Waals surface area contributed by atoms with Crippen molar-refractivity contribution in [3.05, 3.63) is 29.3 Å². The number of para-hydroxylation sites is 1. The van der Waals surface area contributed by atoms with Crippen LogP contribution in [0, 0.1) is 13.8 Å². The number of nitrogens with zero attached hydrogens (tertiary/aromatic N) is 1. The Morgan fingerprint density at radius 3 is 2.65 bits per heavy atom. The van der Waals surface area contributed by atoms with E-state index in [1.54, 1.807) is 4.90 Å². The number of aryl methyl sites for hydroxylation is 2. The zero-order valence-corrected chi connectivity index (χ0v) is 13.6. The summed E-state index contributed by atoms with van der Waals surface area (Å²) in [5.74, 6) is 0.817. The molecule has 0 aliphatic carbocycles. The molecule has 3 amide bonds. The third-order valence-corrected chi connectivity index (χ3v) is 4.41. The van der Waals surface area contributed by atoms with Crippen LogP contribution in [0.3, 0.4) is 0 Å². The third-order valence-electron chi connectivity index (χ3n) is 4.41. The molecule has 0 aromatic heterocycles. The van der Waals surface area contributed by atoms with Crippen LogP contribution in [0.5, 0.6) is 5.75 Å². The first-order valence-corrected chi connectivity index (χ1v) is 8.10. The van der Waals surface area contributed by atoms with Gasteiger partial charge >= 0.3 is 6.03 Å². The van der Waals surface area contributed by atoms with E-state index in [0.717, 1.165) is 23.3 Å². The van der Waals surface area contributed by atoms with Gasteiger partial charge in [-0.2, -0.15) is 0 Å². The summed E-state index contributed by atoms with van der Waals surface area (Å²) < 4.78 is 6.00. The Morgan fingerprint density at radius 1 is 1.30 bits per heavy atom. The first-order chi connectivity index (χ1) is 11.0. The van der Waals surface area contributed by atoms with Crippen LogP contribution < -0.4 is 15.4 Å². The van der Waals surface area contributed by atoms with Crippen molar-refractivity contribution in [2.24, 2.45) is 0 Å². The average molecular weight is 317 g/mol. The van der Waals surface area contributed by atoms with Gasteiger partial charge in [0.2, 0.25) is 5.91 Å². The molecule has 1 aromatic carbocycles. The summed E-state index contributed by atoms with van der Waals surface area (Å²) in [6, 6.07) is 5.45. The Balaban J connectivity index is 1.49. The van der Waals surface area contributed by atoms with Crippen LogP contribution in [0.2, 0.25) is 0 Å². The second kappa shape index (κ2) is 6.48. The molecule has 0 bridgehead atoms. The standard InChI is InChI=1S/C17H23N3O3/c1-11-5-3-6-12(2)15(11)23-13-9-20(10-13)17(22)19-14-7-4-8-18-16(14)21/h3,5-6,13-14H,4,7-10H2,1-2H3,(H,18,21)(H,19,22)/t14-/m1/s1. The first-order valence-electron chi connectivity index (χ1n) is 8.10. The Hall–Kier alpha value is -2.24. The van der Waals surface area contributed by atoms with Gasteiger partial charge in [-0.05, 0) is 37.8 Å². The molecule has 2 heterocycles. The van der Waals surface area contributed by atoms with E-state index in [-0.39, 0.29) is 18.0 Å². The van der Waals surface area contributed by atoms with Crippen LogP contribution in [0.25, 0.3) is 0 Å². The second-order valence-corrected chi connectivity index (χ2v) is 6.30. The van der Waals surface area contributed by atoms with Crippen LogP contribution in [0.4, 0.5) is 4.79 Å². The number of urea groups is 1. The van der Waals surface area contributed by atoms with E-state index in [1.165, 1.54) is 0 Å². The maximum atomic E-state index is 12.2. The summed E-state index contributed by atoms with van der Waals surface area (Å²) in [6.07, 6.45) is 1.61. The molecular formula is C17H23N3O3. The normalized spacial score (nSPS) is 21.4. The van der Waals surface area contributed by atoms with Crippen LogP contribution in [-0.2, 0) is 4.79 Å². The smallest absolute Gasteiger partial charge is 0.318 e. The Morgan fingerprint density at radius 2 is 2.00 bits per heavy atom. The largest absolute Gasteiger partial charge is 0.486 e. The summed E-state index contributed by atoms with van der Waals surface area (Å²) in [4.78, 5) is 25.5. The summed E-state index contributed by atoms with van der Waals surface area (Å²) in [7, 11) is 0. The Bertz CT molecular complexity index is 591. The van der Waals surface area contributed by atoms with Gasteiger partial charge in [-0.3, -0.25) is 4.79 Å². The van der Waals surface area contributed by atoms with Gasteiger partial charge in [-0.25, -0.2) is 4.79 Å². The van der Waals surface area contributed by atoms with Crippen molar-refractivity contribution < 1.29 is 14.3 Å². The van der Waals surface area contributed by atoms with E-state index in [9.17, 15) is 9.59 Å². The SMILES string of the molecule is Cc1cccc(C)c1OC1CN(C(=O)N[C@@H]2CCCNC2=O)C1. The van der Waals surface area contributed by atoms with Crippen LogP contribution >= 0.6 is 0 Å². The van der Waals surface area contributed by atoms with Gasteiger partial charge in [0.1, 0.15) is 17.9 Å². The molecule has 2 fully saturated rings. The van der Waals surface area contributed by atoms with E-state index in [2.05, 4.69) is 10.6 Å². The highest BCUT2D eigenvalue weighted by molar-refractivity contribution is 5.87. The fourth-order valence-corrected chi connectivity index (χ4v) is 2.98. The number of rotatable bonds is 3. The van der Waals surface area contributed by atoms with Gasteiger partial charge in [-0.15, -0.1) is 0 Å². The molecule has 0 radical (unpaired) electrons. The minimum Gasteiger partial charge on any atom is -0.486 e. The highest BCUT2D eigenvalue weighted by Crippen LogP contribution is 2.26. The fraction of sp³-hybridized carbons (Fsp3) is 0.529. The number of piperidine rings is 1. The summed E-state index contributed by atoms with van der Waals surface area (Å²) in [5.41, 5.74) is 2.21. The van der Waals surface area contributed by atoms with Crippen molar-refractivity contribution in [3.63, 3.8) is 0 Å². The van der Waals surface area contributed by atoms with Crippen LogP contribution in [-0.4, -0.2) is 48.6 Å². The molecule has 6 nitrogen and oxygen atoms in total. The molecule has 3 rings (SSSR count). The predicted molar refractivity (Wildman–Crippen MR) is 86.5 cm³/mol. The van der Waals surface area contributed by atoms with E-state index in [1.807, 2.05) is 32.0 Å². The van der Waals surface area contributed by atoms with Crippen molar-refractivity contribution in [1.82, 2.24) is 15.5 Å². The average Bonchev–Trinajstić information content (AvgIpc) is 2.47. The molecule has 2 saturated heterocycles. The van der Waals surface area contributed by atoms with Crippen molar-refractivity contribution >= 4 is 11.9 Å². The predicted octanol–water partition coefficient (Wildman–Crippen LogP) is 1.35. The molecular weight excluding hydrogens is 294 g/mol. The Labute approximate surface area is 136 Å². The molecule has 0 spiro atoms. The van der Waals surface area contributed by atoms with Crippen molar-refractivity contribution in [3.8, 4) is 5.75 Å². The van der Waals surface area contributed by atoms with Crippen molar-refractivity contribution in [2.45, 2.75) is 38.8 Å². The molecule has 124 valence electrons. The third kappa shape index (κ3) is 3.41. The zero-order chi connectivity index (χ0) is 16.4. The number of likely N-dealkylation sites (tertiary alicyclic amines) is 1. The maximum Gasteiger partial charge on any atom is 0.318 e. The zero-order valence-electron chi connectivity index (χ0n) is 13.6. The molecule has 23 heavy (non-hydrogen) atoms. The number of amides is 3. The lowest BCUT2D eigenvalue weighted by atomic mass is 10.1. The lowest BCUT2D eigenvalue weighted by Crippen LogP contribution is -2.62. The highest BCUT2D eigenvalue weighted by Gasteiger charge is 2.35. The van der Waals surface area contributed by atoms with Crippen molar-refractivity contribution in [2.75, 3.05) is 19.6 Å². The van der Waals surface area contributed by atoms with Gasteiger partial charge in [0, 0.05) is 6.54 Å². The minimum absolute atomic E-state index is 0.0146. The number of hydrogen-bond acceptors (Lipinski definition) is 3. The molecule has 2 aliphatic heterocycles. The summed E-state index contributed by atoms with van der Waals surface area (Å²) in [5, 5.41) is 5.57. The van der Waals surface area contributed by atoms with Gasteiger partial charge in [0.15, 0.2) is 0 Å².